The molecule has 11 nitrogen and oxygen atoms in total. The Morgan fingerprint density at radius 3 is 2.06 bits per heavy atom. The second-order valence-corrected chi connectivity index (χ2v) is 9.88. The highest BCUT2D eigenvalue weighted by atomic mass is 32.2. The van der Waals surface area contributed by atoms with E-state index >= 15 is 0 Å². The first-order valence-corrected chi connectivity index (χ1v) is 12.2. The van der Waals surface area contributed by atoms with E-state index in [-0.39, 0.29) is 16.8 Å². The van der Waals surface area contributed by atoms with Crippen LogP contribution in [-0.4, -0.2) is 42.1 Å². The van der Waals surface area contributed by atoms with E-state index in [0.29, 0.717) is 10.8 Å². The minimum Gasteiger partial charge on any atom is -0.505 e. The highest BCUT2D eigenvalue weighted by molar-refractivity contribution is 7.87. The Morgan fingerprint density at radius 1 is 0.765 bits per heavy atom. The number of carboxylic acid groups (broad SMARTS) is 1. The first-order chi connectivity index (χ1) is 15.9. The van der Waals surface area contributed by atoms with Gasteiger partial charge in [-0.3, -0.25) is 9.11 Å². The smallest absolute Gasteiger partial charge is 0.339 e. The Labute approximate surface area is 192 Å². The molecule has 34 heavy (non-hydrogen) atoms. The van der Waals surface area contributed by atoms with Crippen LogP contribution >= 0.6 is 0 Å². The second-order valence-electron chi connectivity index (χ2n) is 7.10. The van der Waals surface area contributed by atoms with E-state index in [1.807, 2.05) is 0 Å². The molecule has 13 heteroatoms. The van der Waals surface area contributed by atoms with Gasteiger partial charge in [-0.1, -0.05) is 36.4 Å². The van der Waals surface area contributed by atoms with E-state index in [1.165, 1.54) is 24.3 Å². The number of aromatic carboxylic acids is 1. The van der Waals surface area contributed by atoms with Crippen molar-refractivity contribution in [3.63, 3.8) is 0 Å². The summed E-state index contributed by atoms with van der Waals surface area (Å²) in [6.45, 7) is 0. The second kappa shape index (κ2) is 8.14. The molecule has 4 rings (SSSR count). The monoisotopic (exact) mass is 502 g/mol. The molecule has 174 valence electrons. The van der Waals surface area contributed by atoms with Crippen molar-refractivity contribution in [3.05, 3.63) is 66.2 Å². The van der Waals surface area contributed by atoms with Crippen LogP contribution in [0.1, 0.15) is 10.4 Å². The van der Waals surface area contributed by atoms with E-state index in [4.69, 9.17) is 0 Å². The van der Waals surface area contributed by atoms with Crippen molar-refractivity contribution >= 4 is 59.1 Å². The van der Waals surface area contributed by atoms with Crippen LogP contribution in [0, 0.1) is 0 Å². The van der Waals surface area contributed by atoms with Gasteiger partial charge < -0.3 is 10.2 Å². The van der Waals surface area contributed by atoms with Gasteiger partial charge in [0.25, 0.3) is 20.2 Å². The van der Waals surface area contributed by atoms with E-state index in [1.54, 1.807) is 24.3 Å². The minimum atomic E-state index is -4.98. The van der Waals surface area contributed by atoms with Gasteiger partial charge in [0.05, 0.1) is 5.69 Å². The Bertz CT molecular complexity index is 1750. The van der Waals surface area contributed by atoms with Gasteiger partial charge >= 0.3 is 5.97 Å². The highest BCUT2D eigenvalue weighted by Gasteiger charge is 2.23. The van der Waals surface area contributed by atoms with Crippen LogP contribution in [0.4, 0.5) is 11.4 Å². The van der Waals surface area contributed by atoms with Gasteiger partial charge in [0.1, 0.15) is 21.0 Å². The Hall–Kier alpha value is -3.91. The lowest BCUT2D eigenvalue weighted by Crippen LogP contribution is -2.04. The quantitative estimate of drug-likeness (QED) is 0.227. The molecular weight excluding hydrogens is 488 g/mol. The summed E-state index contributed by atoms with van der Waals surface area (Å²) in [6.07, 6.45) is 0. The number of hydrogen-bond donors (Lipinski definition) is 4. The van der Waals surface area contributed by atoms with Crippen molar-refractivity contribution in [2.75, 3.05) is 0 Å². The molecule has 0 fully saturated rings. The molecule has 0 aliphatic heterocycles. The van der Waals surface area contributed by atoms with Crippen molar-refractivity contribution in [2.45, 2.75) is 9.79 Å². The zero-order chi connectivity index (χ0) is 24.8. The van der Waals surface area contributed by atoms with E-state index in [9.17, 15) is 40.9 Å². The summed E-state index contributed by atoms with van der Waals surface area (Å²) in [5, 5.41) is 28.0. The topological polar surface area (TPSA) is 191 Å². The Morgan fingerprint density at radius 2 is 1.41 bits per heavy atom. The van der Waals surface area contributed by atoms with Gasteiger partial charge in [-0.05, 0) is 35.0 Å². The summed E-state index contributed by atoms with van der Waals surface area (Å²) >= 11 is 0. The summed E-state index contributed by atoms with van der Waals surface area (Å²) in [4.78, 5) is 9.93. The summed E-state index contributed by atoms with van der Waals surface area (Å²) in [6, 6.07) is 13.3. The summed E-state index contributed by atoms with van der Waals surface area (Å²) in [7, 11) is -9.82. The molecule has 0 saturated carbocycles. The molecule has 0 atom stereocenters. The van der Waals surface area contributed by atoms with Crippen molar-refractivity contribution in [1.29, 1.82) is 0 Å². The fourth-order valence-electron chi connectivity index (χ4n) is 3.51. The average molecular weight is 502 g/mol. The third kappa shape index (κ3) is 4.20. The number of hydrogen-bond acceptors (Lipinski definition) is 8. The molecule has 4 aromatic rings. The maximum atomic E-state index is 12.0. The molecule has 0 saturated heterocycles. The molecule has 0 aromatic heterocycles. The maximum absolute atomic E-state index is 12.0. The van der Waals surface area contributed by atoms with Crippen LogP contribution in [0.5, 0.6) is 5.75 Å². The van der Waals surface area contributed by atoms with Crippen LogP contribution in [0.2, 0.25) is 0 Å². The average Bonchev–Trinajstić information content (AvgIpc) is 2.75. The predicted octanol–water partition coefficient (Wildman–Crippen LogP) is 4.31. The van der Waals surface area contributed by atoms with Gasteiger partial charge in [0.2, 0.25) is 0 Å². The number of phenols is 1. The molecule has 0 radical (unpaired) electrons. The number of azo groups is 1. The van der Waals surface area contributed by atoms with Gasteiger partial charge in [-0.25, -0.2) is 4.79 Å². The van der Waals surface area contributed by atoms with Crippen LogP contribution in [0.25, 0.3) is 21.5 Å². The SMILES string of the molecule is O=C(O)c1cc2ccccc2c(N=Nc2cc(S(=O)(=O)O)c3c(S(=O)(=O)O)cccc3c2)c1O. The normalized spacial score (nSPS) is 12.5. The van der Waals surface area contributed by atoms with Crippen molar-refractivity contribution in [1.82, 2.24) is 0 Å². The first-order valence-electron chi connectivity index (χ1n) is 9.29. The minimum absolute atomic E-state index is 0.00688. The number of nitrogens with zero attached hydrogens (tertiary/aromatic N) is 2. The highest BCUT2D eigenvalue weighted by Crippen LogP contribution is 2.40. The molecule has 4 aromatic carbocycles. The number of carboxylic acids is 1. The molecular formula is C21H14N2O9S2. The van der Waals surface area contributed by atoms with Gasteiger partial charge in [-0.15, -0.1) is 5.11 Å². The predicted molar refractivity (Wildman–Crippen MR) is 120 cm³/mol. The Kier molecular flexibility index (Phi) is 5.57. The molecule has 0 heterocycles. The standard InChI is InChI=1S/C21H14N2O9S2/c24-20-15(21(25)26)9-11-4-1-2-6-14(11)19(20)23-22-13-8-12-5-3-7-16(33(27,28)29)18(12)17(10-13)34(30,31)32/h1-10,24H,(H,25,26)(H,27,28,29)(H,30,31,32). The largest absolute Gasteiger partial charge is 0.505 e. The number of benzene rings is 4. The molecule has 0 aliphatic carbocycles. The number of carbonyl (C=O) groups is 1. The molecule has 0 bridgehead atoms. The van der Waals surface area contributed by atoms with Gasteiger partial charge in [0.15, 0.2) is 5.75 Å². The first kappa shape index (κ1) is 23.3. The fourth-order valence-corrected chi connectivity index (χ4v) is 5.06. The van der Waals surface area contributed by atoms with Crippen molar-refractivity contribution in [3.8, 4) is 5.75 Å². The van der Waals surface area contributed by atoms with E-state index in [0.717, 1.165) is 12.1 Å². The third-order valence-electron chi connectivity index (χ3n) is 4.93. The lowest BCUT2D eigenvalue weighted by molar-refractivity contribution is 0.0694. The summed E-state index contributed by atoms with van der Waals surface area (Å²) < 4.78 is 66.6. The van der Waals surface area contributed by atoms with Crippen LogP contribution in [0.3, 0.4) is 0 Å². The van der Waals surface area contributed by atoms with Gasteiger partial charge in [-0.2, -0.15) is 21.9 Å². The Balaban J connectivity index is 1.99. The molecule has 0 spiro atoms. The zero-order valence-corrected chi connectivity index (χ0v) is 18.4. The van der Waals surface area contributed by atoms with Crippen LogP contribution in [0.15, 0.2) is 80.7 Å². The fraction of sp³-hybridized carbons (Fsp3) is 0. The number of rotatable bonds is 5. The molecule has 0 aliphatic rings. The van der Waals surface area contributed by atoms with E-state index < -0.39 is 52.7 Å². The molecule has 0 amide bonds. The summed E-state index contributed by atoms with van der Waals surface area (Å²) in [5.41, 5.74) is -0.796. The van der Waals surface area contributed by atoms with Crippen LogP contribution < -0.4 is 0 Å². The molecule has 4 N–H and O–H groups in total. The van der Waals surface area contributed by atoms with Crippen molar-refractivity contribution in [2.24, 2.45) is 10.2 Å². The van der Waals surface area contributed by atoms with Gasteiger partial charge in [0, 0.05) is 10.8 Å². The summed E-state index contributed by atoms with van der Waals surface area (Å²) in [5.74, 6) is -2.07. The number of aromatic hydroxyl groups is 1. The molecule has 0 unspecified atom stereocenters. The zero-order valence-electron chi connectivity index (χ0n) is 16.8. The lowest BCUT2D eigenvalue weighted by atomic mass is 10.0. The lowest BCUT2D eigenvalue weighted by Gasteiger charge is -2.10. The number of fused-ring (bicyclic) bond motifs is 2. The maximum Gasteiger partial charge on any atom is 0.339 e. The third-order valence-corrected chi connectivity index (χ3v) is 6.71. The van der Waals surface area contributed by atoms with E-state index in [2.05, 4.69) is 10.2 Å². The van der Waals surface area contributed by atoms with Crippen LogP contribution in [-0.2, 0) is 20.2 Å². The van der Waals surface area contributed by atoms with Crippen molar-refractivity contribution < 1.29 is 40.9 Å².